The first-order valence-electron chi connectivity index (χ1n) is 3.74. The number of nitrogens with zero attached hydrogens (tertiary/aromatic N) is 2. The molecule has 1 aromatic rings. The van der Waals surface area contributed by atoms with Gasteiger partial charge in [0.05, 0.1) is 0 Å². The third kappa shape index (κ3) is 2.70. The zero-order chi connectivity index (χ0) is 9.80. The number of hydrogen-bond acceptors (Lipinski definition) is 5. The molecule has 14 heavy (non-hydrogen) atoms. The van der Waals surface area contributed by atoms with Crippen LogP contribution in [0.25, 0.3) is 0 Å². The van der Waals surface area contributed by atoms with Crippen LogP contribution in [0.5, 0.6) is 5.75 Å². The van der Waals surface area contributed by atoms with E-state index in [1.54, 1.807) is 6.07 Å². The Balaban J connectivity index is 2.04. The molecule has 8 heteroatoms. The smallest absolute Gasteiger partial charge is 0.311 e. The number of hydrogen-bond donors (Lipinski definition) is 2. The van der Waals surface area contributed by atoms with Gasteiger partial charge in [0.1, 0.15) is 14.3 Å². The zero-order valence-corrected chi connectivity index (χ0v) is 9.71. The van der Waals surface area contributed by atoms with Crippen molar-refractivity contribution in [2.24, 2.45) is 9.03 Å². The van der Waals surface area contributed by atoms with E-state index in [4.69, 9.17) is 10.3 Å². The molecule has 1 heterocycles. The Labute approximate surface area is 85.9 Å². The van der Waals surface area contributed by atoms with Gasteiger partial charge in [0, 0.05) is 11.8 Å². The Morgan fingerprint density at radius 2 is 2.43 bits per heavy atom. The molecule has 0 saturated heterocycles. The second-order valence-corrected chi connectivity index (χ2v) is 5.74. The fraction of sp³-hybridized carbons (Fsp3) is 0. The molecule has 0 bridgehead atoms. The molecule has 2 rings (SSSR count). The molecule has 0 amide bonds. The highest BCUT2D eigenvalue weighted by Crippen LogP contribution is 2.44. The van der Waals surface area contributed by atoms with Gasteiger partial charge in [0.25, 0.3) is 0 Å². The van der Waals surface area contributed by atoms with Gasteiger partial charge in [-0.05, 0) is 12.1 Å². The maximum atomic E-state index is 5.62. The van der Waals surface area contributed by atoms with Crippen molar-refractivity contribution in [3.05, 3.63) is 24.3 Å². The number of anilines is 1. The van der Waals surface area contributed by atoms with Gasteiger partial charge in [-0.2, -0.15) is 13.9 Å². The molecular formula is C6H7N4OP3. The predicted molar refractivity (Wildman–Crippen MR) is 60.2 cm³/mol. The molecule has 3 N–H and O–H groups in total. The first kappa shape index (κ1) is 9.95. The van der Waals surface area contributed by atoms with Crippen molar-refractivity contribution in [1.29, 1.82) is 0 Å². The van der Waals surface area contributed by atoms with Gasteiger partial charge in [-0.3, -0.25) is 0 Å². The Hall–Kier alpha value is -0.590. The maximum absolute atomic E-state index is 5.62. The topological polar surface area (TPSA) is 72.0 Å². The number of rotatable bonds is 2. The Kier molecular flexibility index (Phi) is 3.39. The van der Waals surface area contributed by atoms with E-state index in [0.717, 1.165) is 22.8 Å². The molecule has 0 aromatic heterocycles. The van der Waals surface area contributed by atoms with Crippen LogP contribution in [0, 0.1) is 0 Å². The van der Waals surface area contributed by atoms with Crippen molar-refractivity contribution in [2.75, 3.05) is 5.73 Å². The minimum atomic E-state index is -0.959. The molecule has 1 atom stereocenters. The zero-order valence-electron chi connectivity index (χ0n) is 7.03. The summed E-state index contributed by atoms with van der Waals surface area (Å²) < 4.78 is 13.7. The van der Waals surface area contributed by atoms with E-state index in [0.29, 0.717) is 5.69 Å². The fourth-order valence-corrected chi connectivity index (χ4v) is 3.75. The van der Waals surface area contributed by atoms with Gasteiger partial charge in [0.2, 0.25) is 0 Å². The van der Waals surface area contributed by atoms with Crippen molar-refractivity contribution >= 4 is 31.2 Å². The summed E-state index contributed by atoms with van der Waals surface area (Å²) in [6.45, 7) is 0. The lowest BCUT2D eigenvalue weighted by Gasteiger charge is -2.12. The summed E-state index contributed by atoms with van der Waals surface area (Å²) in [5.41, 5.74) is 6.31. The standard InChI is InChI=1S/C6H7N4OP3/c7-5-2-1-3-6(4-5)11-14-9-12-8-13-10-14/h1-4H,7H2,(H,8,9,10). The van der Waals surface area contributed by atoms with Gasteiger partial charge < -0.3 is 10.3 Å². The Bertz CT molecular complexity index is 383. The van der Waals surface area contributed by atoms with E-state index < -0.39 is 8.45 Å². The molecule has 1 aliphatic heterocycles. The minimum Gasteiger partial charge on any atom is -0.439 e. The lowest BCUT2D eigenvalue weighted by atomic mass is 10.3. The molecule has 72 valence electrons. The van der Waals surface area contributed by atoms with Crippen LogP contribution in [0.4, 0.5) is 5.69 Å². The molecule has 0 saturated carbocycles. The van der Waals surface area contributed by atoms with Crippen molar-refractivity contribution in [3.8, 4) is 5.75 Å². The summed E-state index contributed by atoms with van der Waals surface area (Å²) in [5, 5.41) is 0. The average molecular weight is 244 g/mol. The molecule has 1 aromatic carbocycles. The monoisotopic (exact) mass is 244 g/mol. The van der Waals surface area contributed by atoms with Gasteiger partial charge in [0.15, 0.2) is 8.52 Å². The number of nitrogens with one attached hydrogen (secondary N) is 1. The molecule has 1 aliphatic rings. The van der Waals surface area contributed by atoms with Crippen LogP contribution in [0.2, 0.25) is 0 Å². The molecule has 0 spiro atoms. The lowest BCUT2D eigenvalue weighted by molar-refractivity contribution is 0.613. The first-order chi connectivity index (χ1) is 6.84. The molecule has 0 radical (unpaired) electrons. The summed E-state index contributed by atoms with van der Waals surface area (Å²) >= 11 is 0. The summed E-state index contributed by atoms with van der Waals surface area (Å²) in [6, 6.07) is 7.30. The van der Waals surface area contributed by atoms with Crippen LogP contribution in [0.15, 0.2) is 33.3 Å². The van der Waals surface area contributed by atoms with Crippen LogP contribution >= 0.6 is 25.5 Å². The molecule has 0 aliphatic carbocycles. The van der Waals surface area contributed by atoms with Crippen LogP contribution in [0.3, 0.4) is 0 Å². The second-order valence-electron chi connectivity index (χ2n) is 2.41. The van der Waals surface area contributed by atoms with E-state index in [-0.39, 0.29) is 0 Å². The van der Waals surface area contributed by atoms with E-state index in [1.165, 1.54) is 0 Å². The number of benzene rings is 1. The van der Waals surface area contributed by atoms with Gasteiger partial charge in [-0.25, -0.2) is 0 Å². The largest absolute Gasteiger partial charge is 0.439 e. The van der Waals surface area contributed by atoms with Crippen LogP contribution < -0.4 is 15.1 Å². The SMILES string of the molecule is Nc1cccc(OP2N=PN=PN2)c1. The minimum absolute atomic E-state index is 0.689. The Morgan fingerprint density at radius 1 is 1.50 bits per heavy atom. The number of nitrogen functional groups attached to an aromatic ring is 1. The van der Waals surface area contributed by atoms with Crippen LogP contribution in [-0.2, 0) is 0 Å². The Morgan fingerprint density at radius 3 is 3.14 bits per heavy atom. The summed E-state index contributed by atoms with van der Waals surface area (Å²) in [6.07, 6.45) is 0. The van der Waals surface area contributed by atoms with Gasteiger partial charge in [-0.15, -0.1) is 0 Å². The average Bonchev–Trinajstić information content (AvgIpc) is 2.19. The van der Waals surface area contributed by atoms with Crippen LogP contribution in [-0.4, -0.2) is 0 Å². The molecular weight excluding hydrogens is 237 g/mol. The third-order valence-electron chi connectivity index (χ3n) is 1.39. The third-order valence-corrected chi connectivity index (χ3v) is 4.46. The van der Waals surface area contributed by atoms with Gasteiger partial charge in [-0.1, -0.05) is 6.07 Å². The molecule has 0 fully saturated rings. The van der Waals surface area contributed by atoms with E-state index in [9.17, 15) is 0 Å². The highest BCUT2D eigenvalue weighted by Gasteiger charge is 2.10. The van der Waals surface area contributed by atoms with E-state index >= 15 is 0 Å². The quantitative estimate of drug-likeness (QED) is 0.616. The summed E-state index contributed by atoms with van der Waals surface area (Å²) in [7, 11) is 0.587. The lowest BCUT2D eigenvalue weighted by Crippen LogP contribution is -1.96. The molecule has 1 unspecified atom stereocenters. The van der Waals surface area contributed by atoms with E-state index in [2.05, 4.69) is 13.9 Å². The number of nitrogens with two attached hydrogens (primary N) is 1. The van der Waals surface area contributed by atoms with Crippen molar-refractivity contribution in [1.82, 2.24) is 4.86 Å². The maximum Gasteiger partial charge on any atom is 0.311 e. The van der Waals surface area contributed by atoms with Crippen LogP contribution in [0.1, 0.15) is 0 Å². The van der Waals surface area contributed by atoms with E-state index in [1.807, 2.05) is 18.2 Å². The highest BCUT2D eigenvalue weighted by atomic mass is 31.2. The van der Waals surface area contributed by atoms with Crippen molar-refractivity contribution in [3.63, 3.8) is 0 Å². The fourth-order valence-electron chi connectivity index (χ4n) is 0.862. The van der Waals surface area contributed by atoms with Crippen molar-refractivity contribution in [2.45, 2.75) is 0 Å². The predicted octanol–water partition coefficient (Wildman–Crippen LogP) is 3.57. The normalized spacial score (nSPS) is 21.9. The van der Waals surface area contributed by atoms with Crippen molar-refractivity contribution < 1.29 is 4.52 Å². The summed E-state index contributed by atoms with van der Waals surface area (Å²) in [5.74, 6) is 0.736. The van der Waals surface area contributed by atoms with Gasteiger partial charge >= 0.3 is 8.45 Å². The first-order valence-corrected chi connectivity index (χ1v) is 6.60. The highest BCUT2D eigenvalue weighted by molar-refractivity contribution is 7.64. The summed E-state index contributed by atoms with van der Waals surface area (Å²) in [4.78, 5) is 3.02. The second kappa shape index (κ2) is 4.77. The molecule has 5 nitrogen and oxygen atoms in total.